The molecule has 4 aromatic rings. The van der Waals surface area contributed by atoms with E-state index in [0.717, 1.165) is 21.0 Å². The quantitative estimate of drug-likeness (QED) is 0.492. The number of aromatic nitrogens is 1. The highest BCUT2D eigenvalue weighted by Crippen LogP contribution is 2.36. The molecule has 3 aromatic carbocycles. The Balaban J connectivity index is 1.74. The SMILES string of the molecule is Oc1c(N=Nc2nc3ccccc3s2)ccc2ccccc12. The number of benzene rings is 3. The first-order valence-corrected chi connectivity index (χ1v) is 7.61. The lowest BCUT2D eigenvalue weighted by molar-refractivity contribution is 0.482. The van der Waals surface area contributed by atoms with E-state index in [9.17, 15) is 5.11 Å². The number of rotatable bonds is 2. The molecular formula is C17H11N3OS. The van der Waals surface area contributed by atoms with Crippen LogP contribution in [0, 0.1) is 0 Å². The topological polar surface area (TPSA) is 57.8 Å². The smallest absolute Gasteiger partial charge is 0.231 e. The van der Waals surface area contributed by atoms with Gasteiger partial charge in [0.05, 0.1) is 10.2 Å². The van der Waals surface area contributed by atoms with E-state index < -0.39 is 0 Å². The number of azo groups is 1. The zero-order chi connectivity index (χ0) is 14.9. The van der Waals surface area contributed by atoms with E-state index in [2.05, 4.69) is 15.2 Å². The van der Waals surface area contributed by atoms with E-state index >= 15 is 0 Å². The van der Waals surface area contributed by atoms with Gasteiger partial charge in [-0.25, -0.2) is 4.98 Å². The van der Waals surface area contributed by atoms with Gasteiger partial charge < -0.3 is 5.11 Å². The Labute approximate surface area is 130 Å². The molecule has 1 N–H and O–H groups in total. The molecule has 0 radical (unpaired) electrons. The second-order valence-electron chi connectivity index (χ2n) is 4.82. The molecule has 0 fully saturated rings. The highest BCUT2D eigenvalue weighted by atomic mass is 32.1. The Morgan fingerprint density at radius 2 is 1.68 bits per heavy atom. The van der Waals surface area contributed by atoms with Crippen LogP contribution in [0.5, 0.6) is 5.75 Å². The third-order valence-electron chi connectivity index (χ3n) is 3.41. The summed E-state index contributed by atoms with van der Waals surface area (Å²) in [5.41, 5.74) is 1.35. The van der Waals surface area contributed by atoms with Crippen LogP contribution in [0.1, 0.15) is 0 Å². The van der Waals surface area contributed by atoms with Crippen LogP contribution in [0.3, 0.4) is 0 Å². The first-order valence-electron chi connectivity index (χ1n) is 6.79. The summed E-state index contributed by atoms with van der Waals surface area (Å²) in [7, 11) is 0. The molecule has 22 heavy (non-hydrogen) atoms. The van der Waals surface area contributed by atoms with E-state index in [-0.39, 0.29) is 5.75 Å². The van der Waals surface area contributed by atoms with Crippen molar-refractivity contribution in [2.24, 2.45) is 10.2 Å². The Hall–Kier alpha value is -2.79. The third kappa shape index (κ3) is 2.21. The number of thiazole rings is 1. The van der Waals surface area contributed by atoms with Crippen LogP contribution in [-0.4, -0.2) is 10.1 Å². The zero-order valence-electron chi connectivity index (χ0n) is 11.5. The second kappa shape index (κ2) is 5.20. The standard InChI is InChI=1S/C17H11N3OS/c21-16-12-6-2-1-5-11(12)9-10-14(16)19-20-17-18-13-7-3-4-8-15(13)22-17/h1-10,21H. The molecule has 0 aliphatic heterocycles. The number of fused-ring (bicyclic) bond motifs is 2. The first kappa shape index (κ1) is 12.9. The molecule has 0 aliphatic carbocycles. The number of phenols is 1. The minimum absolute atomic E-state index is 0.142. The van der Waals surface area contributed by atoms with Gasteiger partial charge in [0.15, 0.2) is 5.75 Å². The van der Waals surface area contributed by atoms with E-state index in [4.69, 9.17) is 0 Å². The lowest BCUT2D eigenvalue weighted by Gasteiger charge is -2.02. The Morgan fingerprint density at radius 3 is 2.59 bits per heavy atom. The molecule has 5 heteroatoms. The maximum absolute atomic E-state index is 10.3. The molecule has 0 unspecified atom stereocenters. The van der Waals surface area contributed by atoms with Crippen LogP contribution in [0.25, 0.3) is 21.0 Å². The predicted molar refractivity (Wildman–Crippen MR) is 89.4 cm³/mol. The number of aromatic hydroxyl groups is 1. The van der Waals surface area contributed by atoms with Gasteiger partial charge in [-0.15, -0.1) is 10.2 Å². The van der Waals surface area contributed by atoms with Gasteiger partial charge >= 0.3 is 0 Å². The van der Waals surface area contributed by atoms with Crippen LogP contribution in [0.2, 0.25) is 0 Å². The van der Waals surface area contributed by atoms with Gasteiger partial charge in [-0.1, -0.05) is 53.8 Å². The largest absolute Gasteiger partial charge is 0.505 e. The summed E-state index contributed by atoms with van der Waals surface area (Å²) in [6.45, 7) is 0. The molecule has 0 amide bonds. The summed E-state index contributed by atoms with van der Waals surface area (Å²) < 4.78 is 1.07. The minimum atomic E-state index is 0.142. The van der Waals surface area contributed by atoms with Crippen molar-refractivity contribution in [3.05, 3.63) is 60.7 Å². The predicted octanol–water partition coefficient (Wildman–Crippen LogP) is 5.57. The van der Waals surface area contributed by atoms with Crippen molar-refractivity contribution in [3.63, 3.8) is 0 Å². The Morgan fingerprint density at radius 1 is 0.864 bits per heavy atom. The summed E-state index contributed by atoms with van der Waals surface area (Å²) >= 11 is 1.47. The van der Waals surface area contributed by atoms with Crippen LogP contribution in [0.4, 0.5) is 10.8 Å². The molecule has 1 heterocycles. The van der Waals surface area contributed by atoms with Crippen LogP contribution < -0.4 is 0 Å². The van der Waals surface area contributed by atoms with E-state index in [1.54, 1.807) is 6.07 Å². The molecule has 0 saturated heterocycles. The molecule has 1 aromatic heterocycles. The summed E-state index contributed by atoms with van der Waals surface area (Å²) in [5.74, 6) is 0.142. The molecule has 0 saturated carbocycles. The maximum Gasteiger partial charge on any atom is 0.231 e. The number of phenolic OH excluding ortho intramolecular Hbond substituents is 1. The summed E-state index contributed by atoms with van der Waals surface area (Å²) in [6, 6.07) is 19.2. The number of hydrogen-bond donors (Lipinski definition) is 1. The summed E-state index contributed by atoms with van der Waals surface area (Å²) in [6.07, 6.45) is 0. The normalized spacial score (nSPS) is 11.6. The zero-order valence-corrected chi connectivity index (χ0v) is 12.3. The van der Waals surface area contributed by atoms with E-state index in [1.165, 1.54) is 11.3 Å². The number of nitrogens with zero attached hydrogens (tertiary/aromatic N) is 3. The fourth-order valence-corrected chi connectivity index (χ4v) is 3.11. The van der Waals surface area contributed by atoms with Crippen molar-refractivity contribution in [3.8, 4) is 5.75 Å². The van der Waals surface area contributed by atoms with Gasteiger partial charge in [-0.3, -0.25) is 0 Å². The maximum atomic E-state index is 10.3. The van der Waals surface area contributed by atoms with Gasteiger partial charge in [-0.2, -0.15) is 0 Å². The van der Waals surface area contributed by atoms with Crippen molar-refractivity contribution in [1.29, 1.82) is 0 Å². The fourth-order valence-electron chi connectivity index (χ4n) is 2.32. The Bertz CT molecular complexity index is 974. The van der Waals surface area contributed by atoms with Gasteiger partial charge in [-0.05, 0) is 23.6 Å². The van der Waals surface area contributed by atoms with Crippen molar-refractivity contribution >= 4 is 43.1 Å². The summed E-state index contributed by atoms with van der Waals surface area (Å²) in [5, 5.41) is 20.9. The minimum Gasteiger partial charge on any atom is -0.505 e. The second-order valence-corrected chi connectivity index (χ2v) is 5.83. The van der Waals surface area contributed by atoms with Crippen LogP contribution in [-0.2, 0) is 0 Å². The lowest BCUT2D eigenvalue weighted by Crippen LogP contribution is -1.74. The van der Waals surface area contributed by atoms with Crippen LogP contribution in [0.15, 0.2) is 70.9 Å². The molecule has 0 atom stereocenters. The van der Waals surface area contributed by atoms with Gasteiger partial charge in [0.1, 0.15) is 5.69 Å². The molecule has 0 spiro atoms. The number of hydrogen-bond acceptors (Lipinski definition) is 5. The van der Waals surface area contributed by atoms with Crippen molar-refractivity contribution < 1.29 is 5.11 Å². The molecule has 0 aliphatic rings. The van der Waals surface area contributed by atoms with Crippen molar-refractivity contribution in [2.75, 3.05) is 0 Å². The van der Waals surface area contributed by atoms with Crippen molar-refractivity contribution in [2.45, 2.75) is 0 Å². The molecule has 4 rings (SSSR count). The van der Waals surface area contributed by atoms with Gasteiger partial charge in [0, 0.05) is 5.39 Å². The highest BCUT2D eigenvalue weighted by Gasteiger charge is 2.06. The van der Waals surface area contributed by atoms with Crippen LogP contribution >= 0.6 is 11.3 Å². The highest BCUT2D eigenvalue weighted by molar-refractivity contribution is 7.21. The van der Waals surface area contributed by atoms with E-state index in [0.29, 0.717) is 10.8 Å². The Kier molecular flexibility index (Phi) is 3.05. The van der Waals surface area contributed by atoms with Gasteiger partial charge in [0.25, 0.3) is 0 Å². The van der Waals surface area contributed by atoms with Gasteiger partial charge in [0.2, 0.25) is 5.13 Å². The average molecular weight is 305 g/mol. The van der Waals surface area contributed by atoms with E-state index in [1.807, 2.05) is 54.6 Å². The van der Waals surface area contributed by atoms with Crippen molar-refractivity contribution in [1.82, 2.24) is 4.98 Å². The third-order valence-corrected chi connectivity index (χ3v) is 4.33. The molecule has 0 bridgehead atoms. The molecular weight excluding hydrogens is 294 g/mol. The number of para-hydroxylation sites is 1. The lowest BCUT2D eigenvalue weighted by atomic mass is 10.1. The monoisotopic (exact) mass is 305 g/mol. The molecule has 4 nitrogen and oxygen atoms in total. The summed E-state index contributed by atoms with van der Waals surface area (Å²) in [4.78, 5) is 4.40. The molecule has 106 valence electrons. The average Bonchev–Trinajstić information content (AvgIpc) is 2.97. The fraction of sp³-hybridized carbons (Fsp3) is 0. The first-order chi connectivity index (χ1) is 10.8.